The molecule has 1 aromatic rings. The lowest BCUT2D eigenvalue weighted by Gasteiger charge is -2.37. The fourth-order valence-corrected chi connectivity index (χ4v) is 2.69. The van der Waals surface area contributed by atoms with Crippen LogP contribution >= 0.6 is 0 Å². The molecule has 1 saturated heterocycles. The van der Waals surface area contributed by atoms with E-state index in [4.69, 9.17) is 5.73 Å². The Morgan fingerprint density at radius 2 is 2.11 bits per heavy atom. The van der Waals surface area contributed by atoms with Gasteiger partial charge in [0.05, 0.1) is 0 Å². The Morgan fingerprint density at radius 1 is 1.39 bits per heavy atom. The van der Waals surface area contributed by atoms with Crippen LogP contribution in [-0.2, 0) is 4.79 Å². The maximum atomic E-state index is 11.9. The molecule has 1 amide bonds. The van der Waals surface area contributed by atoms with Gasteiger partial charge in [-0.3, -0.25) is 4.79 Å². The minimum Gasteiger partial charge on any atom is -0.341 e. The van der Waals surface area contributed by atoms with Crippen molar-refractivity contribution >= 4 is 5.91 Å². The Hall–Kier alpha value is -1.35. The van der Waals surface area contributed by atoms with Crippen LogP contribution < -0.4 is 5.73 Å². The highest BCUT2D eigenvalue weighted by Crippen LogP contribution is 2.27. The van der Waals surface area contributed by atoms with Gasteiger partial charge >= 0.3 is 0 Å². The zero-order valence-corrected chi connectivity index (χ0v) is 11.0. The summed E-state index contributed by atoms with van der Waals surface area (Å²) in [6.07, 6.45) is 2.52. The lowest BCUT2D eigenvalue weighted by atomic mass is 9.86. The molecule has 0 radical (unpaired) electrons. The predicted octanol–water partition coefficient (Wildman–Crippen LogP) is 2.13. The number of carbonyl (C=O) groups is 1. The van der Waals surface area contributed by atoms with E-state index in [2.05, 4.69) is 24.3 Å². The first kappa shape index (κ1) is 13.1. The second-order valence-corrected chi connectivity index (χ2v) is 5.06. The van der Waals surface area contributed by atoms with Crippen LogP contribution in [0.4, 0.5) is 0 Å². The zero-order chi connectivity index (χ0) is 13.0. The average molecular weight is 246 g/mol. The van der Waals surface area contributed by atoms with E-state index >= 15 is 0 Å². The SMILES string of the molecule is CCCC(=O)N1CCC(c2ccccc2)C(N)C1. The predicted molar refractivity (Wildman–Crippen MR) is 73.3 cm³/mol. The number of amides is 1. The van der Waals surface area contributed by atoms with Crippen molar-refractivity contribution < 1.29 is 4.79 Å². The second-order valence-electron chi connectivity index (χ2n) is 5.06. The van der Waals surface area contributed by atoms with E-state index in [0.717, 1.165) is 19.4 Å². The summed E-state index contributed by atoms with van der Waals surface area (Å²) < 4.78 is 0. The molecule has 0 aromatic heterocycles. The first-order valence-electron chi connectivity index (χ1n) is 6.80. The third kappa shape index (κ3) is 2.91. The number of rotatable bonds is 3. The number of likely N-dealkylation sites (tertiary alicyclic amines) is 1. The van der Waals surface area contributed by atoms with Crippen LogP contribution in [0.3, 0.4) is 0 Å². The average Bonchev–Trinajstić information content (AvgIpc) is 2.40. The topological polar surface area (TPSA) is 46.3 Å². The van der Waals surface area contributed by atoms with Crippen LogP contribution in [0.2, 0.25) is 0 Å². The van der Waals surface area contributed by atoms with Crippen LogP contribution in [0, 0.1) is 0 Å². The summed E-state index contributed by atoms with van der Waals surface area (Å²) in [4.78, 5) is 13.8. The van der Waals surface area contributed by atoms with Gasteiger partial charge in [0.25, 0.3) is 0 Å². The zero-order valence-electron chi connectivity index (χ0n) is 11.0. The van der Waals surface area contributed by atoms with E-state index in [1.54, 1.807) is 0 Å². The highest BCUT2D eigenvalue weighted by Gasteiger charge is 2.29. The minimum atomic E-state index is 0.0574. The monoisotopic (exact) mass is 246 g/mol. The van der Waals surface area contributed by atoms with E-state index in [0.29, 0.717) is 18.9 Å². The van der Waals surface area contributed by atoms with Crippen molar-refractivity contribution in [2.45, 2.75) is 38.1 Å². The second kappa shape index (κ2) is 6.01. The number of piperidine rings is 1. The molecule has 0 saturated carbocycles. The van der Waals surface area contributed by atoms with Crippen LogP contribution in [0.15, 0.2) is 30.3 Å². The van der Waals surface area contributed by atoms with Crippen molar-refractivity contribution in [1.29, 1.82) is 0 Å². The minimum absolute atomic E-state index is 0.0574. The molecule has 3 nitrogen and oxygen atoms in total. The van der Waals surface area contributed by atoms with Gasteiger partial charge in [0.15, 0.2) is 0 Å². The number of hydrogen-bond donors (Lipinski definition) is 1. The van der Waals surface area contributed by atoms with Crippen molar-refractivity contribution in [3.05, 3.63) is 35.9 Å². The Balaban J connectivity index is 1.99. The molecule has 1 aliphatic rings. The summed E-state index contributed by atoms with van der Waals surface area (Å²) in [6, 6.07) is 10.5. The van der Waals surface area contributed by atoms with Crippen LogP contribution in [0.5, 0.6) is 0 Å². The van der Waals surface area contributed by atoms with Gasteiger partial charge in [0.2, 0.25) is 5.91 Å². The molecular weight excluding hydrogens is 224 g/mol. The van der Waals surface area contributed by atoms with Crippen molar-refractivity contribution in [1.82, 2.24) is 4.90 Å². The Morgan fingerprint density at radius 3 is 2.72 bits per heavy atom. The van der Waals surface area contributed by atoms with Gasteiger partial charge in [0, 0.05) is 31.5 Å². The normalized spacial score (nSPS) is 24.0. The van der Waals surface area contributed by atoms with Crippen molar-refractivity contribution in [3.8, 4) is 0 Å². The highest BCUT2D eigenvalue weighted by atomic mass is 16.2. The van der Waals surface area contributed by atoms with Gasteiger partial charge in [-0.25, -0.2) is 0 Å². The summed E-state index contributed by atoms with van der Waals surface area (Å²) in [6.45, 7) is 3.57. The quantitative estimate of drug-likeness (QED) is 0.888. The van der Waals surface area contributed by atoms with Gasteiger partial charge in [-0.15, -0.1) is 0 Å². The molecule has 2 unspecified atom stereocenters. The smallest absolute Gasteiger partial charge is 0.222 e. The summed E-state index contributed by atoms with van der Waals surface area (Å²) >= 11 is 0. The maximum absolute atomic E-state index is 11.9. The number of carbonyl (C=O) groups excluding carboxylic acids is 1. The van der Waals surface area contributed by atoms with Crippen LogP contribution in [0.25, 0.3) is 0 Å². The summed E-state index contributed by atoms with van der Waals surface area (Å²) in [5.41, 5.74) is 7.54. The molecule has 1 fully saturated rings. The van der Waals surface area contributed by atoms with Crippen molar-refractivity contribution in [2.75, 3.05) is 13.1 Å². The van der Waals surface area contributed by atoms with Gasteiger partial charge < -0.3 is 10.6 Å². The van der Waals surface area contributed by atoms with E-state index < -0.39 is 0 Å². The molecule has 2 atom stereocenters. The Labute approximate surface area is 109 Å². The first-order chi connectivity index (χ1) is 8.72. The van der Waals surface area contributed by atoms with Crippen molar-refractivity contribution in [2.24, 2.45) is 5.73 Å². The number of nitrogens with zero attached hydrogens (tertiary/aromatic N) is 1. The molecule has 3 heteroatoms. The first-order valence-corrected chi connectivity index (χ1v) is 6.80. The van der Waals surface area contributed by atoms with Gasteiger partial charge in [-0.1, -0.05) is 37.3 Å². The lowest BCUT2D eigenvalue weighted by Crippen LogP contribution is -2.49. The van der Waals surface area contributed by atoms with Gasteiger partial charge in [0.1, 0.15) is 0 Å². The lowest BCUT2D eigenvalue weighted by molar-refractivity contribution is -0.132. The molecule has 0 spiro atoms. The summed E-state index contributed by atoms with van der Waals surface area (Å²) in [5.74, 6) is 0.635. The number of benzene rings is 1. The fourth-order valence-electron chi connectivity index (χ4n) is 2.69. The standard InChI is InChI=1S/C15H22N2O/c1-2-6-15(18)17-10-9-13(14(16)11-17)12-7-4-3-5-8-12/h3-5,7-8,13-14H,2,6,9-11,16H2,1H3. The molecule has 0 aliphatic carbocycles. The van der Waals surface area contributed by atoms with E-state index in [-0.39, 0.29) is 11.9 Å². The summed E-state index contributed by atoms with van der Waals surface area (Å²) in [7, 11) is 0. The molecule has 0 bridgehead atoms. The third-order valence-corrected chi connectivity index (χ3v) is 3.70. The van der Waals surface area contributed by atoms with Crippen molar-refractivity contribution in [3.63, 3.8) is 0 Å². The van der Waals surface area contributed by atoms with Crippen LogP contribution in [0.1, 0.15) is 37.7 Å². The van der Waals surface area contributed by atoms with Gasteiger partial charge in [-0.2, -0.15) is 0 Å². The van der Waals surface area contributed by atoms with E-state index in [1.165, 1.54) is 5.56 Å². The maximum Gasteiger partial charge on any atom is 0.222 e. The van der Waals surface area contributed by atoms with Gasteiger partial charge in [-0.05, 0) is 18.4 Å². The highest BCUT2D eigenvalue weighted by molar-refractivity contribution is 5.76. The van der Waals surface area contributed by atoms with E-state index in [9.17, 15) is 4.79 Å². The molecule has 2 rings (SSSR count). The van der Waals surface area contributed by atoms with E-state index in [1.807, 2.05) is 17.9 Å². The molecule has 1 aromatic carbocycles. The number of nitrogens with two attached hydrogens (primary N) is 1. The largest absolute Gasteiger partial charge is 0.341 e. The Kier molecular flexibility index (Phi) is 4.37. The third-order valence-electron chi connectivity index (χ3n) is 3.70. The molecular formula is C15H22N2O. The molecule has 2 N–H and O–H groups in total. The summed E-state index contributed by atoms with van der Waals surface area (Å²) in [5, 5.41) is 0. The Bertz CT molecular complexity index is 391. The number of hydrogen-bond acceptors (Lipinski definition) is 2. The fraction of sp³-hybridized carbons (Fsp3) is 0.533. The molecule has 1 aliphatic heterocycles. The molecule has 98 valence electrons. The molecule has 18 heavy (non-hydrogen) atoms. The molecule has 1 heterocycles. The van der Waals surface area contributed by atoms with Crippen LogP contribution in [-0.4, -0.2) is 29.9 Å².